The minimum Gasteiger partial charge on any atom is -0.387 e. The third-order valence-corrected chi connectivity index (χ3v) is 2.88. The number of rotatable bonds is 3. The largest absolute Gasteiger partial charge is 0.387 e. The highest BCUT2D eigenvalue weighted by molar-refractivity contribution is 9.10. The Labute approximate surface area is 103 Å². The quantitative estimate of drug-likeness (QED) is 0.939. The van der Waals surface area contributed by atoms with Crippen molar-refractivity contribution >= 4 is 15.9 Å². The molecule has 84 valence electrons. The van der Waals surface area contributed by atoms with Gasteiger partial charge < -0.3 is 9.67 Å². The van der Waals surface area contributed by atoms with E-state index in [1.807, 2.05) is 35.0 Å². The molecule has 1 atom stereocenters. The average molecular weight is 281 g/mol. The van der Waals surface area contributed by atoms with Gasteiger partial charge in [-0.3, -0.25) is 4.98 Å². The maximum absolute atomic E-state index is 9.57. The van der Waals surface area contributed by atoms with Crippen molar-refractivity contribution in [2.45, 2.75) is 19.6 Å². The summed E-state index contributed by atoms with van der Waals surface area (Å²) in [5.74, 6) is 0. The van der Waals surface area contributed by atoms with E-state index < -0.39 is 6.10 Å². The Hall–Kier alpha value is -1.13. The number of aliphatic hydroxyl groups excluding tert-OH is 1. The van der Waals surface area contributed by atoms with Gasteiger partial charge in [-0.2, -0.15) is 0 Å². The van der Waals surface area contributed by atoms with Crippen LogP contribution < -0.4 is 0 Å². The molecule has 0 spiro atoms. The van der Waals surface area contributed by atoms with Crippen LogP contribution in [-0.4, -0.2) is 14.7 Å². The first-order valence-electron chi connectivity index (χ1n) is 5.10. The van der Waals surface area contributed by atoms with E-state index in [-0.39, 0.29) is 0 Å². The van der Waals surface area contributed by atoms with Crippen molar-refractivity contribution in [1.29, 1.82) is 0 Å². The normalized spacial score (nSPS) is 12.7. The summed E-state index contributed by atoms with van der Waals surface area (Å²) < 4.78 is 2.97. The molecule has 0 bridgehead atoms. The monoisotopic (exact) mass is 280 g/mol. The van der Waals surface area contributed by atoms with Crippen LogP contribution in [-0.2, 0) is 6.54 Å². The molecule has 1 N–H and O–H groups in total. The zero-order valence-electron chi connectivity index (χ0n) is 8.97. The van der Waals surface area contributed by atoms with Gasteiger partial charge in [-0.1, -0.05) is 0 Å². The first-order chi connectivity index (χ1) is 7.66. The van der Waals surface area contributed by atoms with Gasteiger partial charge >= 0.3 is 0 Å². The van der Waals surface area contributed by atoms with Crippen molar-refractivity contribution in [1.82, 2.24) is 9.55 Å². The number of pyridine rings is 1. The van der Waals surface area contributed by atoms with E-state index in [0.717, 1.165) is 15.9 Å². The first-order valence-corrected chi connectivity index (χ1v) is 5.89. The Morgan fingerprint density at radius 1 is 1.44 bits per heavy atom. The highest BCUT2D eigenvalue weighted by atomic mass is 79.9. The molecule has 2 rings (SSSR count). The van der Waals surface area contributed by atoms with E-state index in [1.165, 1.54) is 0 Å². The second-order valence-electron chi connectivity index (χ2n) is 3.70. The molecule has 16 heavy (non-hydrogen) atoms. The lowest BCUT2D eigenvalue weighted by Gasteiger charge is -2.10. The highest BCUT2D eigenvalue weighted by Gasteiger charge is 2.07. The molecule has 0 aliphatic heterocycles. The van der Waals surface area contributed by atoms with E-state index in [1.54, 1.807) is 13.1 Å². The van der Waals surface area contributed by atoms with Crippen LogP contribution in [0.25, 0.3) is 0 Å². The summed E-state index contributed by atoms with van der Waals surface area (Å²) in [6, 6.07) is 7.79. The molecule has 0 aromatic carbocycles. The molecule has 4 heteroatoms. The summed E-state index contributed by atoms with van der Waals surface area (Å²) in [7, 11) is 0. The Morgan fingerprint density at radius 3 is 2.88 bits per heavy atom. The summed E-state index contributed by atoms with van der Waals surface area (Å²) in [5.41, 5.74) is 1.88. The summed E-state index contributed by atoms with van der Waals surface area (Å²) in [4.78, 5) is 4.30. The van der Waals surface area contributed by atoms with Crippen molar-refractivity contribution in [2.24, 2.45) is 0 Å². The van der Waals surface area contributed by atoms with E-state index in [9.17, 15) is 5.11 Å². The van der Waals surface area contributed by atoms with Crippen LogP contribution in [0.1, 0.15) is 24.4 Å². The molecule has 2 aromatic rings. The van der Waals surface area contributed by atoms with Crippen LogP contribution in [0.4, 0.5) is 0 Å². The van der Waals surface area contributed by atoms with Gasteiger partial charge in [0, 0.05) is 22.6 Å². The smallest absolute Gasteiger partial charge is 0.0911 e. The fourth-order valence-corrected chi connectivity index (χ4v) is 1.86. The van der Waals surface area contributed by atoms with Crippen molar-refractivity contribution in [3.05, 3.63) is 52.5 Å². The van der Waals surface area contributed by atoms with Crippen LogP contribution in [0, 0.1) is 0 Å². The molecular weight excluding hydrogens is 268 g/mol. The number of hydrogen-bond acceptors (Lipinski definition) is 2. The van der Waals surface area contributed by atoms with Crippen LogP contribution in [0.5, 0.6) is 0 Å². The van der Waals surface area contributed by atoms with Crippen molar-refractivity contribution < 1.29 is 5.11 Å². The summed E-state index contributed by atoms with van der Waals surface area (Å²) in [6.45, 7) is 2.45. The number of aromatic nitrogens is 2. The highest BCUT2D eigenvalue weighted by Crippen LogP contribution is 2.15. The molecule has 0 amide bonds. The average Bonchev–Trinajstić information content (AvgIpc) is 2.69. The predicted octanol–water partition coefficient (Wildman–Crippen LogP) is 2.75. The molecule has 0 saturated carbocycles. The topological polar surface area (TPSA) is 38.0 Å². The van der Waals surface area contributed by atoms with E-state index in [0.29, 0.717) is 6.54 Å². The van der Waals surface area contributed by atoms with Gasteiger partial charge in [0.05, 0.1) is 18.3 Å². The Morgan fingerprint density at radius 2 is 2.25 bits per heavy atom. The zero-order valence-corrected chi connectivity index (χ0v) is 10.6. The van der Waals surface area contributed by atoms with Crippen LogP contribution in [0.2, 0.25) is 0 Å². The van der Waals surface area contributed by atoms with Crippen molar-refractivity contribution in [3.8, 4) is 0 Å². The number of nitrogens with zero attached hydrogens (tertiary/aromatic N) is 2. The lowest BCUT2D eigenvalue weighted by atomic mass is 10.3. The van der Waals surface area contributed by atoms with E-state index in [4.69, 9.17) is 0 Å². The third kappa shape index (κ3) is 2.51. The lowest BCUT2D eigenvalue weighted by Crippen LogP contribution is -2.06. The minimum absolute atomic E-state index is 0.453. The number of hydrogen-bond donors (Lipinski definition) is 1. The van der Waals surface area contributed by atoms with E-state index >= 15 is 0 Å². The van der Waals surface area contributed by atoms with Gasteiger partial charge in [-0.15, -0.1) is 0 Å². The molecule has 0 radical (unpaired) electrons. The van der Waals surface area contributed by atoms with Gasteiger partial charge in [-0.05, 0) is 47.1 Å². The van der Waals surface area contributed by atoms with Crippen molar-refractivity contribution in [2.75, 3.05) is 0 Å². The minimum atomic E-state index is -0.453. The summed E-state index contributed by atoms with van der Waals surface area (Å²) >= 11 is 3.35. The molecule has 0 fully saturated rings. The molecule has 2 heterocycles. The predicted molar refractivity (Wildman–Crippen MR) is 66.1 cm³/mol. The van der Waals surface area contributed by atoms with Crippen LogP contribution >= 0.6 is 15.9 Å². The van der Waals surface area contributed by atoms with Crippen molar-refractivity contribution in [3.63, 3.8) is 0 Å². The van der Waals surface area contributed by atoms with Gasteiger partial charge in [0.1, 0.15) is 0 Å². The second-order valence-corrected chi connectivity index (χ2v) is 4.62. The molecule has 0 aliphatic rings. The van der Waals surface area contributed by atoms with E-state index in [2.05, 4.69) is 20.9 Å². The third-order valence-electron chi connectivity index (χ3n) is 2.41. The Balaban J connectivity index is 2.20. The van der Waals surface area contributed by atoms with Crippen LogP contribution in [0.15, 0.2) is 41.1 Å². The second kappa shape index (κ2) is 4.80. The Bertz CT molecular complexity index is 462. The fraction of sp³-hybridized carbons (Fsp3) is 0.250. The first kappa shape index (κ1) is 11.4. The van der Waals surface area contributed by atoms with Gasteiger partial charge in [0.2, 0.25) is 0 Å². The number of aliphatic hydroxyl groups is 1. The molecule has 0 aliphatic carbocycles. The maximum atomic E-state index is 9.57. The summed E-state index contributed by atoms with van der Waals surface area (Å²) in [5, 5.41) is 9.57. The lowest BCUT2D eigenvalue weighted by molar-refractivity contribution is 0.189. The molecular formula is C12H13BrN2O. The SMILES string of the molecule is CC(O)c1cccn1Cc1ccc(Br)cn1. The molecule has 2 aromatic heterocycles. The zero-order chi connectivity index (χ0) is 11.5. The Kier molecular flexibility index (Phi) is 3.41. The standard InChI is InChI=1S/C12H13BrN2O/c1-9(16)12-3-2-6-15(12)8-11-5-4-10(13)7-14-11/h2-7,9,16H,8H2,1H3. The maximum Gasteiger partial charge on any atom is 0.0911 e. The molecule has 0 saturated heterocycles. The van der Waals surface area contributed by atoms with Gasteiger partial charge in [-0.25, -0.2) is 0 Å². The summed E-state index contributed by atoms with van der Waals surface area (Å²) in [6.07, 6.45) is 3.28. The van der Waals surface area contributed by atoms with Crippen LogP contribution in [0.3, 0.4) is 0 Å². The number of halogens is 1. The molecule has 1 unspecified atom stereocenters. The van der Waals surface area contributed by atoms with Gasteiger partial charge in [0.15, 0.2) is 0 Å². The fourth-order valence-electron chi connectivity index (χ4n) is 1.63. The molecule has 3 nitrogen and oxygen atoms in total. The van der Waals surface area contributed by atoms with Gasteiger partial charge in [0.25, 0.3) is 0 Å².